The second-order valence-corrected chi connectivity index (χ2v) is 7.28. The Balaban J connectivity index is 2.28. The van der Waals surface area contributed by atoms with E-state index in [0.29, 0.717) is 17.6 Å². The van der Waals surface area contributed by atoms with E-state index in [2.05, 4.69) is 11.9 Å². The first-order valence-electron chi connectivity index (χ1n) is 6.98. The van der Waals surface area contributed by atoms with Crippen LogP contribution >= 0.6 is 24.0 Å². The Morgan fingerprint density at radius 2 is 2.29 bits per heavy atom. The molecule has 0 bridgehead atoms. The quantitative estimate of drug-likeness (QED) is 0.777. The Morgan fingerprint density at radius 1 is 1.57 bits per heavy atom. The van der Waals surface area contributed by atoms with Gasteiger partial charge in [-0.05, 0) is 38.6 Å². The number of aryl methyl sites for hydroxylation is 1. The number of hydrogen-bond acceptors (Lipinski definition) is 6. The number of nitrogens with zero attached hydrogens (tertiary/aromatic N) is 1. The lowest BCUT2D eigenvalue weighted by atomic mass is 10.0. The van der Waals surface area contributed by atoms with E-state index in [0.717, 1.165) is 22.6 Å². The van der Waals surface area contributed by atoms with Gasteiger partial charge in [-0.15, -0.1) is 0 Å². The zero-order valence-corrected chi connectivity index (χ0v) is 14.7. The van der Waals surface area contributed by atoms with E-state index in [1.54, 1.807) is 0 Å². The smallest absolute Gasteiger partial charge is 0.220 e. The predicted molar refractivity (Wildman–Crippen MR) is 88.7 cm³/mol. The molecule has 0 radical (unpaired) electrons. The van der Waals surface area contributed by atoms with Crippen molar-refractivity contribution in [2.45, 2.75) is 52.3 Å². The largest absolute Gasteiger partial charge is 0.479 e. The highest BCUT2D eigenvalue weighted by Crippen LogP contribution is 2.40. The van der Waals surface area contributed by atoms with Crippen molar-refractivity contribution in [2.24, 2.45) is 0 Å². The summed E-state index contributed by atoms with van der Waals surface area (Å²) in [5, 5.41) is 0.138. The summed E-state index contributed by atoms with van der Waals surface area (Å²) >= 11 is 6.72. The van der Waals surface area contributed by atoms with Crippen LogP contribution < -0.4 is 4.74 Å². The zero-order valence-electron chi connectivity index (χ0n) is 13.1. The van der Waals surface area contributed by atoms with Gasteiger partial charge in [0.15, 0.2) is 0 Å². The minimum atomic E-state index is -0.616. The summed E-state index contributed by atoms with van der Waals surface area (Å²) in [6.07, 6.45) is 1.88. The zero-order chi connectivity index (χ0) is 15.6. The topological polar surface area (TPSA) is 40.6 Å². The number of aromatic nitrogens is 1. The molecule has 2 heterocycles. The average molecular weight is 327 g/mol. The molecule has 1 atom stereocenters. The summed E-state index contributed by atoms with van der Waals surface area (Å²) in [6, 6.07) is 0. The van der Waals surface area contributed by atoms with E-state index in [1.165, 1.54) is 11.8 Å². The number of rotatable bonds is 3. The molecule has 21 heavy (non-hydrogen) atoms. The van der Waals surface area contributed by atoms with Crippen LogP contribution in [0.3, 0.4) is 0 Å². The van der Waals surface area contributed by atoms with Crippen LogP contribution in [0.4, 0.5) is 0 Å². The van der Waals surface area contributed by atoms with Crippen molar-refractivity contribution >= 4 is 28.4 Å². The molecule has 4 nitrogen and oxygen atoms in total. The van der Waals surface area contributed by atoms with E-state index in [1.807, 2.05) is 33.9 Å². The van der Waals surface area contributed by atoms with Crippen molar-refractivity contribution in [1.82, 2.24) is 4.98 Å². The number of ether oxygens (including phenoxy) is 3. The van der Waals surface area contributed by atoms with Crippen LogP contribution in [0.5, 0.6) is 5.75 Å². The molecule has 0 aromatic carbocycles. The number of fused-ring (bicyclic) bond motifs is 1. The van der Waals surface area contributed by atoms with Crippen molar-refractivity contribution in [3.05, 3.63) is 23.0 Å². The molecule has 0 fully saturated rings. The monoisotopic (exact) mass is 327 g/mol. The van der Waals surface area contributed by atoms with Gasteiger partial charge in [0, 0.05) is 30.9 Å². The van der Waals surface area contributed by atoms with Crippen LogP contribution in [0.15, 0.2) is 6.20 Å². The van der Waals surface area contributed by atoms with Crippen LogP contribution in [-0.4, -0.2) is 21.8 Å². The summed E-state index contributed by atoms with van der Waals surface area (Å²) in [4.78, 5) is 4.45. The van der Waals surface area contributed by atoms with Crippen molar-refractivity contribution in [1.29, 1.82) is 0 Å². The van der Waals surface area contributed by atoms with E-state index in [4.69, 9.17) is 26.4 Å². The van der Waals surface area contributed by atoms with Crippen LogP contribution in [-0.2, 0) is 16.1 Å². The van der Waals surface area contributed by atoms with Crippen LogP contribution in [0.25, 0.3) is 0 Å². The number of pyridine rings is 1. The first-order chi connectivity index (χ1) is 9.84. The molecule has 1 aliphatic rings. The van der Waals surface area contributed by atoms with Gasteiger partial charge >= 0.3 is 0 Å². The summed E-state index contributed by atoms with van der Waals surface area (Å²) in [7, 11) is 0. The molecule has 1 aromatic rings. The molecule has 0 saturated heterocycles. The SMILES string of the molecule is CCOC(=S)SC(C)c1cnc(C)c2c1COC(C)(C)O2. The molecule has 0 N–H and O–H groups in total. The van der Waals surface area contributed by atoms with E-state index >= 15 is 0 Å². The second-order valence-electron chi connectivity index (χ2n) is 5.34. The van der Waals surface area contributed by atoms with Gasteiger partial charge in [0.05, 0.1) is 18.9 Å². The van der Waals surface area contributed by atoms with Gasteiger partial charge in [-0.1, -0.05) is 11.8 Å². The highest BCUT2D eigenvalue weighted by Gasteiger charge is 2.31. The molecule has 2 rings (SSSR count). The van der Waals surface area contributed by atoms with Crippen LogP contribution in [0.2, 0.25) is 0 Å². The fourth-order valence-electron chi connectivity index (χ4n) is 2.17. The molecule has 6 heteroatoms. The minimum Gasteiger partial charge on any atom is -0.479 e. The molecular weight excluding hydrogens is 306 g/mol. The van der Waals surface area contributed by atoms with Gasteiger partial charge in [0.25, 0.3) is 0 Å². The maximum atomic E-state index is 5.94. The molecule has 0 amide bonds. The van der Waals surface area contributed by atoms with Gasteiger partial charge in [-0.3, -0.25) is 4.98 Å². The molecule has 1 unspecified atom stereocenters. The van der Waals surface area contributed by atoms with E-state index in [9.17, 15) is 0 Å². The molecule has 0 saturated carbocycles. The molecule has 1 aliphatic heterocycles. The third-order valence-corrected chi connectivity index (χ3v) is 4.56. The van der Waals surface area contributed by atoms with Crippen molar-refractivity contribution < 1.29 is 14.2 Å². The summed E-state index contributed by atoms with van der Waals surface area (Å²) in [6.45, 7) is 10.9. The van der Waals surface area contributed by atoms with Gasteiger partial charge in [0.2, 0.25) is 10.2 Å². The van der Waals surface area contributed by atoms with E-state index < -0.39 is 5.79 Å². The second kappa shape index (κ2) is 6.50. The molecule has 116 valence electrons. The molecule has 1 aromatic heterocycles. The number of thiocarbonyl (C=S) groups is 1. The fourth-order valence-corrected chi connectivity index (χ4v) is 3.52. The maximum absolute atomic E-state index is 5.94. The first kappa shape index (κ1) is 16.5. The summed E-state index contributed by atoms with van der Waals surface area (Å²) in [5.41, 5.74) is 3.02. The summed E-state index contributed by atoms with van der Waals surface area (Å²) in [5.74, 6) is 0.216. The van der Waals surface area contributed by atoms with Gasteiger partial charge < -0.3 is 14.2 Å². The van der Waals surface area contributed by atoms with Crippen molar-refractivity contribution in [3.63, 3.8) is 0 Å². The Kier molecular flexibility index (Phi) is 5.11. The fraction of sp³-hybridized carbons (Fsp3) is 0.600. The third kappa shape index (κ3) is 3.87. The molecule has 0 spiro atoms. The Hall–Kier alpha value is -0.850. The van der Waals surface area contributed by atoms with Gasteiger partial charge in [-0.25, -0.2) is 0 Å². The Bertz CT molecular complexity index is 546. The van der Waals surface area contributed by atoms with Gasteiger partial charge in [-0.2, -0.15) is 0 Å². The van der Waals surface area contributed by atoms with Crippen LogP contribution in [0, 0.1) is 6.92 Å². The molecular formula is C15H21NO3S2. The lowest BCUT2D eigenvalue weighted by Crippen LogP contribution is -2.36. The van der Waals surface area contributed by atoms with E-state index in [-0.39, 0.29) is 5.25 Å². The number of thioether (sulfide) groups is 1. The van der Waals surface area contributed by atoms with Gasteiger partial charge in [0.1, 0.15) is 5.75 Å². The van der Waals surface area contributed by atoms with Crippen molar-refractivity contribution in [3.8, 4) is 5.75 Å². The van der Waals surface area contributed by atoms with Crippen LogP contribution in [0.1, 0.15) is 49.8 Å². The normalized spacial score (nSPS) is 17.6. The standard InChI is InChI=1S/C15H21NO3S2/c1-6-17-14(20)21-10(3)11-7-16-9(2)13-12(11)8-18-15(4,5)19-13/h7,10H,6,8H2,1-5H3. The average Bonchev–Trinajstić information content (AvgIpc) is 2.39. The van der Waals surface area contributed by atoms with Crippen molar-refractivity contribution in [2.75, 3.05) is 6.61 Å². The first-order valence-corrected chi connectivity index (χ1v) is 8.27. The third-order valence-electron chi connectivity index (χ3n) is 3.23. The highest BCUT2D eigenvalue weighted by atomic mass is 32.2. The summed E-state index contributed by atoms with van der Waals surface area (Å²) < 4.78 is 17.6. The lowest BCUT2D eigenvalue weighted by molar-refractivity contribution is -0.180. The predicted octanol–water partition coefficient (Wildman–Crippen LogP) is 4.15. The Morgan fingerprint density at radius 3 is 2.95 bits per heavy atom. The maximum Gasteiger partial charge on any atom is 0.220 e. The molecule has 0 aliphatic carbocycles. The number of hydrogen-bond donors (Lipinski definition) is 0. The minimum absolute atomic E-state index is 0.138. The lowest BCUT2D eigenvalue weighted by Gasteiger charge is -2.34. The highest BCUT2D eigenvalue weighted by molar-refractivity contribution is 8.22. The Labute approximate surface area is 135 Å².